The third-order valence-electron chi connectivity index (χ3n) is 2.27. The zero-order valence-electron chi connectivity index (χ0n) is 8.80. The zero-order valence-corrected chi connectivity index (χ0v) is 9.62. The molecular weight excluding hydrogens is 204 g/mol. The number of hydrogen-bond donors (Lipinski definition) is 0. The van der Waals surface area contributed by atoms with E-state index in [1.807, 2.05) is 6.42 Å². The third-order valence-corrected chi connectivity index (χ3v) is 4.23. The van der Waals surface area contributed by atoms with Gasteiger partial charge in [-0.3, -0.25) is 0 Å². The van der Waals surface area contributed by atoms with Gasteiger partial charge in [0.1, 0.15) is 0 Å². The van der Waals surface area contributed by atoms with Crippen molar-refractivity contribution in [2.45, 2.75) is 12.5 Å². The van der Waals surface area contributed by atoms with Gasteiger partial charge in [0.05, 0.1) is 6.61 Å². The van der Waals surface area contributed by atoms with Gasteiger partial charge in [-0.1, -0.05) is 0 Å². The lowest BCUT2D eigenvalue weighted by Gasteiger charge is -2.26. The highest BCUT2D eigenvalue weighted by Gasteiger charge is 2.35. The van der Waals surface area contributed by atoms with Crippen molar-refractivity contribution in [2.24, 2.45) is 0 Å². The number of methoxy groups -OCH3 is 1. The van der Waals surface area contributed by atoms with E-state index in [1.54, 1.807) is 7.11 Å². The Labute approximate surface area is 85.8 Å². The average Bonchev–Trinajstić information content (AvgIpc) is 2.53. The third kappa shape index (κ3) is 2.25. The Kier molecular flexibility index (Phi) is 3.88. The smallest absolute Gasteiger partial charge is 0.281 e. The van der Waals surface area contributed by atoms with E-state index in [1.165, 1.54) is 22.7 Å². The minimum absolute atomic E-state index is 0.0487. The molecule has 0 amide bonds. The topological polar surface area (TPSA) is 49.9 Å². The van der Waals surface area contributed by atoms with E-state index in [4.69, 9.17) is 4.74 Å². The van der Waals surface area contributed by atoms with E-state index in [0.29, 0.717) is 13.2 Å². The minimum Gasteiger partial charge on any atom is -0.383 e. The van der Waals surface area contributed by atoms with Crippen molar-refractivity contribution in [2.75, 3.05) is 34.4 Å². The molecule has 1 unspecified atom stereocenters. The van der Waals surface area contributed by atoms with E-state index in [9.17, 15) is 8.42 Å². The Bertz CT molecular complexity index is 276. The highest BCUT2D eigenvalue weighted by Crippen LogP contribution is 2.21. The first kappa shape index (κ1) is 11.9. The van der Waals surface area contributed by atoms with Crippen LogP contribution in [0.1, 0.15) is 6.42 Å². The maximum absolute atomic E-state index is 11.8. The van der Waals surface area contributed by atoms with Crippen molar-refractivity contribution in [1.29, 1.82) is 0 Å². The van der Waals surface area contributed by atoms with Crippen LogP contribution >= 0.6 is 0 Å². The molecule has 0 aromatic heterocycles. The van der Waals surface area contributed by atoms with Gasteiger partial charge in [-0.15, -0.1) is 0 Å². The van der Waals surface area contributed by atoms with E-state index >= 15 is 0 Å². The minimum atomic E-state index is -3.29. The van der Waals surface area contributed by atoms with Crippen LogP contribution in [0.2, 0.25) is 0 Å². The maximum atomic E-state index is 11.8. The molecule has 0 aromatic rings. The van der Waals surface area contributed by atoms with E-state index in [-0.39, 0.29) is 6.04 Å². The molecular formula is C8H17N2O3S. The summed E-state index contributed by atoms with van der Waals surface area (Å²) in [6, 6.07) is -0.0487. The first-order valence-electron chi connectivity index (χ1n) is 4.50. The van der Waals surface area contributed by atoms with Crippen molar-refractivity contribution in [3.05, 3.63) is 6.42 Å². The molecule has 14 heavy (non-hydrogen) atoms. The van der Waals surface area contributed by atoms with Crippen molar-refractivity contribution >= 4 is 10.2 Å². The van der Waals surface area contributed by atoms with Crippen LogP contribution in [0.25, 0.3) is 0 Å². The van der Waals surface area contributed by atoms with Gasteiger partial charge in [0.2, 0.25) is 0 Å². The Morgan fingerprint density at radius 2 is 2.21 bits per heavy atom. The number of nitrogens with zero attached hydrogens (tertiary/aromatic N) is 2. The summed E-state index contributed by atoms with van der Waals surface area (Å²) in [5.74, 6) is 0. The van der Waals surface area contributed by atoms with Crippen molar-refractivity contribution in [3.63, 3.8) is 0 Å². The largest absolute Gasteiger partial charge is 0.383 e. The molecule has 0 spiro atoms. The summed E-state index contributed by atoms with van der Waals surface area (Å²) in [4.78, 5) is 0. The highest BCUT2D eigenvalue weighted by molar-refractivity contribution is 7.86. The van der Waals surface area contributed by atoms with Crippen molar-refractivity contribution < 1.29 is 13.2 Å². The molecule has 1 aliphatic heterocycles. The predicted octanol–water partition coefficient (Wildman–Crippen LogP) is -0.282. The SMILES string of the molecule is COCC1C[CH]CN1S(=O)(=O)N(C)C. The molecule has 1 radical (unpaired) electrons. The van der Waals surface area contributed by atoms with E-state index in [0.717, 1.165) is 6.42 Å². The van der Waals surface area contributed by atoms with Crippen LogP contribution in [0.5, 0.6) is 0 Å². The summed E-state index contributed by atoms with van der Waals surface area (Å²) >= 11 is 0. The fourth-order valence-corrected chi connectivity index (χ4v) is 2.73. The summed E-state index contributed by atoms with van der Waals surface area (Å²) in [6.07, 6.45) is 2.73. The van der Waals surface area contributed by atoms with Gasteiger partial charge in [0, 0.05) is 33.8 Å². The molecule has 1 aliphatic rings. The molecule has 1 saturated heterocycles. The van der Waals surface area contributed by atoms with E-state index in [2.05, 4.69) is 0 Å². The van der Waals surface area contributed by atoms with Gasteiger partial charge >= 0.3 is 0 Å². The summed E-state index contributed by atoms with van der Waals surface area (Å²) < 4.78 is 31.3. The quantitative estimate of drug-likeness (QED) is 0.656. The van der Waals surface area contributed by atoms with Gasteiger partial charge < -0.3 is 4.74 Å². The average molecular weight is 221 g/mol. The van der Waals surface area contributed by atoms with Gasteiger partial charge in [-0.2, -0.15) is 17.0 Å². The van der Waals surface area contributed by atoms with Crippen LogP contribution in [-0.4, -0.2) is 57.4 Å². The molecule has 0 aromatic carbocycles. The summed E-state index contributed by atoms with van der Waals surface area (Å²) in [5.41, 5.74) is 0. The van der Waals surface area contributed by atoms with Gasteiger partial charge in [-0.05, 0) is 12.8 Å². The van der Waals surface area contributed by atoms with Gasteiger partial charge in [0.25, 0.3) is 10.2 Å². The molecule has 0 N–H and O–H groups in total. The molecule has 0 saturated carbocycles. The predicted molar refractivity (Wildman–Crippen MR) is 53.9 cm³/mol. The van der Waals surface area contributed by atoms with Crippen molar-refractivity contribution in [1.82, 2.24) is 8.61 Å². The fraction of sp³-hybridized carbons (Fsp3) is 0.875. The Morgan fingerprint density at radius 1 is 1.57 bits per heavy atom. The summed E-state index contributed by atoms with van der Waals surface area (Å²) in [6.45, 7) is 0.929. The lowest BCUT2D eigenvalue weighted by atomic mass is 10.2. The van der Waals surface area contributed by atoms with Crippen LogP contribution in [0.3, 0.4) is 0 Å². The van der Waals surface area contributed by atoms with Crippen LogP contribution < -0.4 is 0 Å². The normalized spacial score (nSPS) is 24.7. The second-order valence-electron chi connectivity index (χ2n) is 3.49. The Morgan fingerprint density at radius 3 is 2.71 bits per heavy atom. The molecule has 0 aliphatic carbocycles. The molecule has 1 fully saturated rings. The first-order chi connectivity index (χ1) is 6.50. The number of ether oxygens (including phenoxy) is 1. The first-order valence-corrected chi connectivity index (χ1v) is 5.89. The zero-order chi connectivity index (χ0) is 10.8. The van der Waals surface area contributed by atoms with Crippen LogP contribution in [0.4, 0.5) is 0 Å². The van der Waals surface area contributed by atoms with Crippen LogP contribution in [-0.2, 0) is 14.9 Å². The van der Waals surface area contributed by atoms with Gasteiger partial charge in [-0.25, -0.2) is 0 Å². The standard InChI is InChI=1S/C8H17N2O3S/c1-9(2)14(11,12)10-6-4-5-8(10)7-13-3/h4,8H,5-7H2,1-3H3. The Balaban J connectivity index is 2.76. The molecule has 0 bridgehead atoms. The second-order valence-corrected chi connectivity index (χ2v) is 5.59. The Hall–Kier alpha value is -0.170. The fourth-order valence-electron chi connectivity index (χ4n) is 1.50. The lowest BCUT2D eigenvalue weighted by molar-refractivity contribution is 0.147. The highest BCUT2D eigenvalue weighted by atomic mass is 32.2. The van der Waals surface area contributed by atoms with Crippen molar-refractivity contribution in [3.8, 4) is 0 Å². The second kappa shape index (κ2) is 4.57. The van der Waals surface area contributed by atoms with Crippen LogP contribution in [0, 0.1) is 6.42 Å². The molecule has 5 nitrogen and oxygen atoms in total. The monoisotopic (exact) mass is 221 g/mol. The summed E-state index contributed by atoms with van der Waals surface area (Å²) in [5, 5.41) is 0. The van der Waals surface area contributed by atoms with Crippen LogP contribution in [0.15, 0.2) is 0 Å². The summed E-state index contributed by atoms with van der Waals surface area (Å²) in [7, 11) is 1.37. The number of hydrogen-bond acceptors (Lipinski definition) is 3. The molecule has 83 valence electrons. The molecule has 1 heterocycles. The molecule has 1 rings (SSSR count). The molecule has 1 atom stereocenters. The molecule has 6 heteroatoms. The van der Waals surface area contributed by atoms with Gasteiger partial charge in [0.15, 0.2) is 0 Å². The lowest BCUT2D eigenvalue weighted by Crippen LogP contribution is -2.44. The van der Waals surface area contributed by atoms with E-state index < -0.39 is 10.2 Å². The number of rotatable bonds is 4. The maximum Gasteiger partial charge on any atom is 0.281 e.